The van der Waals surface area contributed by atoms with E-state index in [1.54, 1.807) is 18.2 Å². The van der Waals surface area contributed by atoms with E-state index in [-0.39, 0.29) is 11.3 Å². The van der Waals surface area contributed by atoms with Gasteiger partial charge in [0.25, 0.3) is 11.7 Å². The molecule has 0 saturated carbocycles. The quantitative estimate of drug-likeness (QED) is 0.272. The molecule has 1 saturated heterocycles. The first kappa shape index (κ1) is 23.2. The number of rotatable bonds is 4. The van der Waals surface area contributed by atoms with Crippen molar-refractivity contribution in [3.8, 4) is 5.75 Å². The van der Waals surface area contributed by atoms with Gasteiger partial charge in [0.15, 0.2) is 0 Å². The molecule has 1 fully saturated rings. The Morgan fingerprint density at radius 1 is 1.00 bits per heavy atom. The summed E-state index contributed by atoms with van der Waals surface area (Å²) in [6, 6.07) is 17.6. The molecule has 1 N–H and O–H groups in total. The average molecular weight is 488 g/mol. The van der Waals surface area contributed by atoms with Crippen LogP contribution in [0, 0.1) is 6.92 Å². The molecule has 1 aliphatic heterocycles. The summed E-state index contributed by atoms with van der Waals surface area (Å²) in [5.74, 6) is -1.13. The molecule has 1 atom stereocenters. The number of aliphatic hydroxyl groups is 1. The van der Waals surface area contributed by atoms with Crippen molar-refractivity contribution in [3.05, 3.63) is 99.1 Å². The summed E-state index contributed by atoms with van der Waals surface area (Å²) in [6.07, 6.45) is 4.21. The van der Waals surface area contributed by atoms with E-state index in [0.29, 0.717) is 22.0 Å². The number of hydrogen-bond acceptors (Lipinski definition) is 4. The van der Waals surface area contributed by atoms with Gasteiger partial charge in [0.1, 0.15) is 11.5 Å². The number of methoxy groups -OCH3 is 1. The van der Waals surface area contributed by atoms with Crippen LogP contribution in [-0.4, -0.2) is 23.9 Å². The van der Waals surface area contributed by atoms with Gasteiger partial charge in [0.05, 0.1) is 23.7 Å². The van der Waals surface area contributed by atoms with Crippen LogP contribution in [-0.2, 0) is 22.4 Å². The second-order valence-electron chi connectivity index (χ2n) is 9.04. The SMILES string of the molecule is COc1ccc(N2C(=O)C(=O)/C(=C(/O)c3ccc4c(c3)CCCC4)C2c2ccccc2C)cc1Cl. The first-order valence-corrected chi connectivity index (χ1v) is 12.1. The largest absolute Gasteiger partial charge is 0.507 e. The highest BCUT2D eigenvalue weighted by molar-refractivity contribution is 6.52. The number of ketones is 1. The van der Waals surface area contributed by atoms with Crippen LogP contribution in [0.1, 0.15) is 46.7 Å². The van der Waals surface area contributed by atoms with Gasteiger partial charge >= 0.3 is 0 Å². The van der Waals surface area contributed by atoms with Crippen LogP contribution in [0.5, 0.6) is 5.75 Å². The summed E-state index contributed by atoms with van der Waals surface area (Å²) in [7, 11) is 1.51. The van der Waals surface area contributed by atoms with E-state index in [1.807, 2.05) is 49.4 Å². The van der Waals surface area contributed by atoms with Gasteiger partial charge in [-0.05, 0) is 79.1 Å². The fraction of sp³-hybridized carbons (Fsp3) is 0.241. The van der Waals surface area contributed by atoms with E-state index in [4.69, 9.17) is 16.3 Å². The minimum atomic E-state index is -0.795. The summed E-state index contributed by atoms with van der Waals surface area (Å²) < 4.78 is 5.25. The summed E-state index contributed by atoms with van der Waals surface area (Å²) in [5, 5.41) is 11.8. The number of nitrogens with zero attached hydrogens (tertiary/aromatic N) is 1. The lowest BCUT2D eigenvalue weighted by Crippen LogP contribution is -2.29. The molecule has 0 radical (unpaired) electrons. The highest BCUT2D eigenvalue weighted by Gasteiger charge is 2.47. The third-order valence-electron chi connectivity index (χ3n) is 6.96. The Bertz CT molecular complexity index is 1380. The first-order valence-electron chi connectivity index (χ1n) is 11.7. The lowest BCUT2D eigenvalue weighted by molar-refractivity contribution is -0.132. The zero-order valence-corrected chi connectivity index (χ0v) is 20.4. The molecule has 1 aliphatic carbocycles. The Morgan fingerprint density at radius 3 is 2.46 bits per heavy atom. The molecule has 0 aromatic heterocycles. The average Bonchev–Trinajstić information content (AvgIpc) is 3.13. The van der Waals surface area contributed by atoms with Crippen molar-refractivity contribution in [1.29, 1.82) is 0 Å². The van der Waals surface area contributed by atoms with Crippen molar-refractivity contribution >= 4 is 34.7 Å². The summed E-state index contributed by atoms with van der Waals surface area (Å²) in [6.45, 7) is 1.93. The molecule has 1 unspecified atom stereocenters. The molecule has 3 aromatic rings. The number of carbonyl (C=O) groups excluding carboxylic acids is 2. The van der Waals surface area contributed by atoms with Crippen molar-refractivity contribution in [2.24, 2.45) is 0 Å². The third-order valence-corrected chi connectivity index (χ3v) is 7.26. The van der Waals surface area contributed by atoms with Gasteiger partial charge in [-0.2, -0.15) is 0 Å². The van der Waals surface area contributed by atoms with Crippen molar-refractivity contribution in [2.75, 3.05) is 12.0 Å². The number of anilines is 1. The van der Waals surface area contributed by atoms with Gasteiger partial charge in [-0.3, -0.25) is 14.5 Å². The lowest BCUT2D eigenvalue weighted by atomic mass is 9.88. The maximum absolute atomic E-state index is 13.4. The zero-order valence-electron chi connectivity index (χ0n) is 19.7. The second-order valence-corrected chi connectivity index (χ2v) is 9.44. The van der Waals surface area contributed by atoms with Gasteiger partial charge < -0.3 is 9.84 Å². The Morgan fingerprint density at radius 2 is 1.74 bits per heavy atom. The number of hydrogen-bond donors (Lipinski definition) is 1. The van der Waals surface area contributed by atoms with Gasteiger partial charge in [0, 0.05) is 11.3 Å². The number of carbonyl (C=O) groups is 2. The number of fused-ring (bicyclic) bond motifs is 1. The fourth-order valence-electron chi connectivity index (χ4n) is 5.13. The number of aliphatic hydroxyl groups excluding tert-OH is 1. The number of Topliss-reactive ketones (excluding diaryl/α,β-unsaturated/α-hetero) is 1. The van der Waals surface area contributed by atoms with Crippen LogP contribution >= 0.6 is 11.6 Å². The number of ether oxygens (including phenoxy) is 1. The van der Waals surface area contributed by atoms with Crippen molar-refractivity contribution in [1.82, 2.24) is 0 Å². The van der Waals surface area contributed by atoms with Crippen molar-refractivity contribution in [2.45, 2.75) is 38.6 Å². The number of aryl methyl sites for hydroxylation is 3. The smallest absolute Gasteiger partial charge is 0.300 e. The van der Waals surface area contributed by atoms with Gasteiger partial charge in [-0.15, -0.1) is 0 Å². The van der Waals surface area contributed by atoms with E-state index in [9.17, 15) is 14.7 Å². The molecule has 35 heavy (non-hydrogen) atoms. The molecule has 2 aliphatic rings. The number of benzene rings is 3. The second kappa shape index (κ2) is 9.23. The molecule has 5 rings (SSSR count). The van der Waals surface area contributed by atoms with Crippen LogP contribution in [0.25, 0.3) is 5.76 Å². The van der Waals surface area contributed by atoms with Gasteiger partial charge in [-0.25, -0.2) is 0 Å². The summed E-state index contributed by atoms with van der Waals surface area (Å²) >= 11 is 6.37. The minimum absolute atomic E-state index is 0.0759. The van der Waals surface area contributed by atoms with E-state index in [1.165, 1.54) is 23.1 Å². The van der Waals surface area contributed by atoms with Gasteiger partial charge in [-0.1, -0.05) is 48.0 Å². The van der Waals surface area contributed by atoms with Crippen LogP contribution in [0.4, 0.5) is 5.69 Å². The minimum Gasteiger partial charge on any atom is -0.507 e. The summed E-state index contributed by atoms with van der Waals surface area (Å²) in [5.41, 5.74) is 5.21. The molecule has 1 amide bonds. The molecular formula is C29H26ClNO4. The first-order chi connectivity index (χ1) is 16.9. The van der Waals surface area contributed by atoms with E-state index in [0.717, 1.165) is 36.8 Å². The maximum atomic E-state index is 13.4. The Labute approximate surface area is 209 Å². The Balaban J connectivity index is 1.71. The third kappa shape index (κ3) is 4.00. The predicted molar refractivity (Wildman–Crippen MR) is 137 cm³/mol. The molecule has 0 bridgehead atoms. The molecule has 1 heterocycles. The normalized spacial score (nSPS) is 19.1. The van der Waals surface area contributed by atoms with Crippen LogP contribution in [0.15, 0.2) is 66.2 Å². The van der Waals surface area contributed by atoms with Crippen molar-refractivity contribution < 1.29 is 19.4 Å². The molecule has 3 aromatic carbocycles. The summed E-state index contributed by atoms with van der Waals surface area (Å²) in [4.78, 5) is 28.2. The highest BCUT2D eigenvalue weighted by Crippen LogP contribution is 2.44. The lowest BCUT2D eigenvalue weighted by Gasteiger charge is -2.27. The standard InChI is InChI=1S/C29H26ClNO4/c1-17-7-3-6-10-22(17)26-25(27(32)20-12-11-18-8-4-5-9-19(18)15-20)28(33)29(34)31(26)21-13-14-24(35-2)23(30)16-21/h3,6-7,10-16,26,32H,4-5,8-9H2,1-2H3/b27-25+. The fourth-order valence-corrected chi connectivity index (χ4v) is 5.38. The molecule has 5 nitrogen and oxygen atoms in total. The Hall–Kier alpha value is -3.57. The van der Waals surface area contributed by atoms with E-state index < -0.39 is 17.7 Å². The number of halogens is 1. The monoisotopic (exact) mass is 487 g/mol. The maximum Gasteiger partial charge on any atom is 0.300 e. The van der Waals surface area contributed by atoms with Crippen molar-refractivity contribution in [3.63, 3.8) is 0 Å². The van der Waals surface area contributed by atoms with Crippen LogP contribution in [0.2, 0.25) is 5.02 Å². The molecule has 0 spiro atoms. The molecule has 178 valence electrons. The van der Waals surface area contributed by atoms with Crippen LogP contribution < -0.4 is 9.64 Å². The topological polar surface area (TPSA) is 66.8 Å². The Kier molecular flexibility index (Phi) is 6.12. The molecular weight excluding hydrogens is 462 g/mol. The predicted octanol–water partition coefficient (Wildman–Crippen LogP) is 6.16. The van der Waals surface area contributed by atoms with E-state index in [2.05, 4.69) is 0 Å². The highest BCUT2D eigenvalue weighted by atomic mass is 35.5. The van der Waals surface area contributed by atoms with Crippen LogP contribution in [0.3, 0.4) is 0 Å². The van der Waals surface area contributed by atoms with Gasteiger partial charge in [0.2, 0.25) is 0 Å². The number of amides is 1. The zero-order chi connectivity index (χ0) is 24.7. The molecule has 6 heteroatoms. The van der Waals surface area contributed by atoms with E-state index >= 15 is 0 Å².